The fraction of sp³-hybridized carbons (Fsp3) is 0.538. The summed E-state index contributed by atoms with van der Waals surface area (Å²) >= 11 is 0. The molecule has 0 saturated carbocycles. The molecule has 2 heteroatoms. The van der Waals surface area contributed by atoms with Crippen molar-refractivity contribution in [1.29, 1.82) is 0 Å². The lowest BCUT2D eigenvalue weighted by Gasteiger charge is -2.43. The van der Waals surface area contributed by atoms with Gasteiger partial charge in [-0.3, -0.25) is 0 Å². The Morgan fingerprint density at radius 2 is 2.07 bits per heavy atom. The number of benzene rings is 1. The van der Waals surface area contributed by atoms with E-state index in [0.29, 0.717) is 0 Å². The summed E-state index contributed by atoms with van der Waals surface area (Å²) in [6.45, 7) is 8.07. The summed E-state index contributed by atoms with van der Waals surface area (Å²) in [5.74, 6) is 0. The van der Waals surface area contributed by atoms with E-state index in [-0.39, 0.29) is 5.41 Å². The Morgan fingerprint density at radius 1 is 1.33 bits per heavy atom. The highest BCUT2D eigenvalue weighted by molar-refractivity contribution is 5.35. The lowest BCUT2D eigenvalue weighted by atomic mass is 9.76. The second kappa shape index (κ2) is 4.33. The highest BCUT2D eigenvalue weighted by Crippen LogP contribution is 2.33. The third kappa shape index (κ3) is 1.92. The third-order valence-corrected chi connectivity index (χ3v) is 3.19. The standard InChI is InChI=1S/C13H19NO/c1-3-14-8-13(9-15-10-13)12-7-5-4-6-11(12)2/h4-7,14H,3,8-10H2,1-2H3. The van der Waals surface area contributed by atoms with Crippen molar-refractivity contribution in [3.63, 3.8) is 0 Å². The van der Waals surface area contributed by atoms with Crippen LogP contribution in [0.15, 0.2) is 24.3 Å². The van der Waals surface area contributed by atoms with E-state index in [0.717, 1.165) is 26.3 Å². The largest absolute Gasteiger partial charge is 0.379 e. The summed E-state index contributed by atoms with van der Waals surface area (Å²) < 4.78 is 5.40. The van der Waals surface area contributed by atoms with Crippen molar-refractivity contribution in [2.24, 2.45) is 0 Å². The van der Waals surface area contributed by atoms with Gasteiger partial charge in [-0.25, -0.2) is 0 Å². The minimum absolute atomic E-state index is 0.224. The maximum atomic E-state index is 5.40. The lowest BCUT2D eigenvalue weighted by Crippen LogP contribution is -2.53. The Morgan fingerprint density at radius 3 is 2.60 bits per heavy atom. The summed E-state index contributed by atoms with van der Waals surface area (Å²) in [4.78, 5) is 0. The topological polar surface area (TPSA) is 21.3 Å². The van der Waals surface area contributed by atoms with Crippen molar-refractivity contribution in [3.05, 3.63) is 35.4 Å². The molecule has 15 heavy (non-hydrogen) atoms. The molecule has 0 spiro atoms. The van der Waals surface area contributed by atoms with E-state index in [4.69, 9.17) is 4.74 Å². The number of ether oxygens (including phenoxy) is 1. The predicted molar refractivity (Wildman–Crippen MR) is 62.2 cm³/mol. The molecule has 2 nitrogen and oxygen atoms in total. The second-order valence-electron chi connectivity index (χ2n) is 4.37. The summed E-state index contributed by atoms with van der Waals surface area (Å²) in [5, 5.41) is 3.44. The van der Waals surface area contributed by atoms with E-state index < -0.39 is 0 Å². The van der Waals surface area contributed by atoms with Crippen molar-refractivity contribution < 1.29 is 4.74 Å². The van der Waals surface area contributed by atoms with Crippen LogP contribution >= 0.6 is 0 Å². The van der Waals surface area contributed by atoms with Crippen molar-refractivity contribution in [1.82, 2.24) is 5.32 Å². The van der Waals surface area contributed by atoms with Gasteiger partial charge in [0, 0.05) is 6.54 Å². The van der Waals surface area contributed by atoms with E-state index in [9.17, 15) is 0 Å². The second-order valence-corrected chi connectivity index (χ2v) is 4.37. The molecule has 1 aliphatic heterocycles. The van der Waals surface area contributed by atoms with Gasteiger partial charge in [-0.1, -0.05) is 31.2 Å². The number of aryl methyl sites for hydroxylation is 1. The highest BCUT2D eigenvalue weighted by Gasteiger charge is 2.40. The average molecular weight is 205 g/mol. The lowest BCUT2D eigenvalue weighted by molar-refractivity contribution is -0.0590. The predicted octanol–water partition coefficient (Wildman–Crippen LogP) is 1.87. The Bertz CT molecular complexity index is 331. The number of rotatable bonds is 4. The molecule has 1 heterocycles. The first kappa shape index (κ1) is 10.7. The van der Waals surface area contributed by atoms with Gasteiger partial charge in [-0.2, -0.15) is 0 Å². The number of nitrogens with one attached hydrogen (secondary N) is 1. The van der Waals surface area contributed by atoms with Crippen LogP contribution in [0.4, 0.5) is 0 Å². The molecule has 82 valence electrons. The van der Waals surface area contributed by atoms with Gasteiger partial charge in [0.05, 0.1) is 18.6 Å². The highest BCUT2D eigenvalue weighted by atomic mass is 16.5. The minimum atomic E-state index is 0.224. The van der Waals surface area contributed by atoms with Crippen molar-refractivity contribution in [3.8, 4) is 0 Å². The molecule has 0 unspecified atom stereocenters. The number of likely N-dealkylation sites (N-methyl/N-ethyl adjacent to an activating group) is 1. The van der Waals surface area contributed by atoms with Crippen LogP contribution < -0.4 is 5.32 Å². The summed E-state index contributed by atoms with van der Waals surface area (Å²) in [5.41, 5.74) is 3.04. The molecule has 0 radical (unpaired) electrons. The van der Waals surface area contributed by atoms with Gasteiger partial charge in [0.15, 0.2) is 0 Å². The molecule has 1 saturated heterocycles. The molecule has 0 amide bonds. The molecular weight excluding hydrogens is 186 g/mol. The van der Waals surface area contributed by atoms with Gasteiger partial charge >= 0.3 is 0 Å². The summed E-state index contributed by atoms with van der Waals surface area (Å²) in [6, 6.07) is 8.63. The zero-order chi connectivity index (χ0) is 10.7. The first-order valence-electron chi connectivity index (χ1n) is 5.63. The van der Waals surface area contributed by atoms with E-state index in [1.54, 1.807) is 0 Å². The Balaban J connectivity index is 2.22. The first-order valence-corrected chi connectivity index (χ1v) is 5.63. The molecule has 1 aliphatic rings. The van der Waals surface area contributed by atoms with Gasteiger partial charge < -0.3 is 10.1 Å². The Kier molecular flexibility index (Phi) is 3.08. The van der Waals surface area contributed by atoms with Crippen LogP contribution in [0.3, 0.4) is 0 Å². The first-order chi connectivity index (χ1) is 7.28. The maximum absolute atomic E-state index is 5.40. The van der Waals surface area contributed by atoms with Crippen LogP contribution in [-0.2, 0) is 10.2 Å². The Labute approximate surface area is 91.6 Å². The van der Waals surface area contributed by atoms with Gasteiger partial charge in [0.1, 0.15) is 0 Å². The number of hydrogen-bond donors (Lipinski definition) is 1. The van der Waals surface area contributed by atoms with Gasteiger partial charge in [-0.15, -0.1) is 0 Å². The molecule has 0 aliphatic carbocycles. The Hall–Kier alpha value is -0.860. The van der Waals surface area contributed by atoms with Crippen LogP contribution in [0.25, 0.3) is 0 Å². The van der Waals surface area contributed by atoms with Gasteiger partial charge in [-0.05, 0) is 24.6 Å². The SMILES string of the molecule is CCNCC1(c2ccccc2C)COC1. The molecule has 1 aromatic rings. The normalized spacial score (nSPS) is 18.5. The van der Waals surface area contributed by atoms with Crippen LogP contribution in [0.5, 0.6) is 0 Å². The monoisotopic (exact) mass is 205 g/mol. The average Bonchev–Trinajstić information content (AvgIpc) is 2.19. The fourth-order valence-electron chi connectivity index (χ4n) is 2.23. The van der Waals surface area contributed by atoms with E-state index in [2.05, 4.69) is 43.4 Å². The molecule has 1 N–H and O–H groups in total. The quantitative estimate of drug-likeness (QED) is 0.810. The molecule has 0 aromatic heterocycles. The van der Waals surface area contributed by atoms with E-state index >= 15 is 0 Å². The molecule has 1 fully saturated rings. The molecule has 2 rings (SSSR count). The van der Waals surface area contributed by atoms with Crippen molar-refractivity contribution in [2.75, 3.05) is 26.3 Å². The number of hydrogen-bond acceptors (Lipinski definition) is 2. The van der Waals surface area contributed by atoms with Crippen LogP contribution in [0.1, 0.15) is 18.1 Å². The fourth-order valence-corrected chi connectivity index (χ4v) is 2.23. The van der Waals surface area contributed by atoms with Crippen molar-refractivity contribution >= 4 is 0 Å². The summed E-state index contributed by atoms with van der Waals surface area (Å²) in [7, 11) is 0. The molecule has 1 aromatic carbocycles. The zero-order valence-electron chi connectivity index (χ0n) is 9.55. The van der Waals surface area contributed by atoms with Crippen molar-refractivity contribution in [2.45, 2.75) is 19.3 Å². The maximum Gasteiger partial charge on any atom is 0.0598 e. The smallest absolute Gasteiger partial charge is 0.0598 e. The molecule has 0 bridgehead atoms. The molecular formula is C13H19NO. The molecule has 0 atom stereocenters. The zero-order valence-corrected chi connectivity index (χ0v) is 9.55. The van der Waals surface area contributed by atoms with Crippen LogP contribution in [-0.4, -0.2) is 26.3 Å². The summed E-state index contributed by atoms with van der Waals surface area (Å²) in [6.07, 6.45) is 0. The van der Waals surface area contributed by atoms with Crippen LogP contribution in [0, 0.1) is 6.92 Å². The minimum Gasteiger partial charge on any atom is -0.379 e. The van der Waals surface area contributed by atoms with E-state index in [1.165, 1.54) is 11.1 Å². The van der Waals surface area contributed by atoms with Gasteiger partial charge in [0.2, 0.25) is 0 Å². The van der Waals surface area contributed by atoms with E-state index in [1.807, 2.05) is 0 Å². The van der Waals surface area contributed by atoms with Crippen LogP contribution in [0.2, 0.25) is 0 Å². The van der Waals surface area contributed by atoms with Gasteiger partial charge in [0.25, 0.3) is 0 Å². The third-order valence-electron chi connectivity index (χ3n) is 3.19.